The minimum absolute atomic E-state index is 0.0798. The first-order chi connectivity index (χ1) is 7.10. The van der Waals surface area contributed by atoms with E-state index in [1.54, 1.807) is 0 Å². The van der Waals surface area contributed by atoms with Gasteiger partial charge in [-0.3, -0.25) is 0 Å². The van der Waals surface area contributed by atoms with E-state index in [0.29, 0.717) is 19.5 Å². The molecule has 1 atom stereocenters. The van der Waals surface area contributed by atoms with Crippen molar-refractivity contribution >= 4 is 9.84 Å². The zero-order chi connectivity index (χ0) is 10.9. The zero-order valence-electron chi connectivity index (χ0n) is 8.11. The molecule has 2 rings (SSSR count). The lowest BCUT2D eigenvalue weighted by Crippen LogP contribution is -2.24. The monoisotopic (exact) mass is 229 g/mol. The quantitative estimate of drug-likeness (QED) is 0.821. The Hall–Kier alpha value is -0.940. The van der Waals surface area contributed by atoms with Crippen LogP contribution in [0.5, 0.6) is 0 Å². The van der Waals surface area contributed by atoms with Crippen LogP contribution in [0.3, 0.4) is 0 Å². The predicted octanol–water partition coefficient (Wildman–Crippen LogP) is 0.961. The fourth-order valence-electron chi connectivity index (χ4n) is 1.73. The molecule has 1 aliphatic rings. The van der Waals surface area contributed by atoms with Crippen molar-refractivity contribution < 1.29 is 12.8 Å². The van der Waals surface area contributed by atoms with E-state index in [4.69, 9.17) is 0 Å². The molecule has 0 aromatic heterocycles. The first-order valence-corrected chi connectivity index (χ1v) is 6.35. The highest BCUT2D eigenvalue weighted by Gasteiger charge is 2.30. The van der Waals surface area contributed by atoms with E-state index in [2.05, 4.69) is 5.32 Å². The van der Waals surface area contributed by atoms with E-state index in [-0.39, 0.29) is 4.90 Å². The first kappa shape index (κ1) is 10.6. The van der Waals surface area contributed by atoms with Crippen molar-refractivity contribution in [1.82, 2.24) is 5.32 Å². The lowest BCUT2D eigenvalue weighted by atomic mass is 10.3. The van der Waals surface area contributed by atoms with Crippen LogP contribution in [0.25, 0.3) is 0 Å². The van der Waals surface area contributed by atoms with Gasteiger partial charge in [0.15, 0.2) is 9.84 Å². The Morgan fingerprint density at radius 2 is 2.20 bits per heavy atom. The third-order valence-electron chi connectivity index (χ3n) is 2.58. The van der Waals surface area contributed by atoms with Crippen molar-refractivity contribution in [3.8, 4) is 0 Å². The minimum atomic E-state index is -3.36. The summed E-state index contributed by atoms with van der Waals surface area (Å²) in [6, 6.07) is 5.18. The van der Waals surface area contributed by atoms with Gasteiger partial charge < -0.3 is 5.32 Å². The molecule has 0 radical (unpaired) electrons. The predicted molar refractivity (Wildman–Crippen MR) is 54.9 cm³/mol. The molecule has 1 aliphatic heterocycles. The molecule has 3 nitrogen and oxygen atoms in total. The second kappa shape index (κ2) is 3.90. The lowest BCUT2D eigenvalue weighted by Gasteiger charge is -2.10. The topological polar surface area (TPSA) is 46.2 Å². The Morgan fingerprint density at radius 3 is 2.80 bits per heavy atom. The summed E-state index contributed by atoms with van der Waals surface area (Å²) in [5.74, 6) is -0.512. The van der Waals surface area contributed by atoms with E-state index in [0.717, 1.165) is 6.07 Å². The summed E-state index contributed by atoms with van der Waals surface area (Å²) in [6.07, 6.45) is 0.596. The molecule has 15 heavy (non-hydrogen) atoms. The molecule has 0 spiro atoms. The van der Waals surface area contributed by atoms with Crippen molar-refractivity contribution in [2.24, 2.45) is 0 Å². The Kier molecular flexibility index (Phi) is 2.75. The van der Waals surface area contributed by atoms with Crippen LogP contribution < -0.4 is 5.32 Å². The van der Waals surface area contributed by atoms with Crippen LogP contribution in [0.4, 0.5) is 4.39 Å². The summed E-state index contributed by atoms with van der Waals surface area (Å²) in [7, 11) is -3.36. The van der Waals surface area contributed by atoms with Crippen LogP contribution in [0, 0.1) is 5.82 Å². The van der Waals surface area contributed by atoms with Gasteiger partial charge in [0.2, 0.25) is 0 Å². The first-order valence-electron chi connectivity index (χ1n) is 4.81. The number of halogens is 1. The average molecular weight is 229 g/mol. The summed E-state index contributed by atoms with van der Waals surface area (Å²) in [5.41, 5.74) is 0. The van der Waals surface area contributed by atoms with Crippen LogP contribution in [0.15, 0.2) is 29.2 Å². The van der Waals surface area contributed by atoms with Gasteiger partial charge in [-0.25, -0.2) is 12.8 Å². The molecule has 0 amide bonds. The third kappa shape index (κ3) is 2.03. The maximum absolute atomic E-state index is 12.9. The van der Waals surface area contributed by atoms with E-state index >= 15 is 0 Å². The highest BCUT2D eigenvalue weighted by atomic mass is 32.2. The number of hydrogen-bond donors (Lipinski definition) is 1. The fourth-order valence-corrected chi connectivity index (χ4v) is 3.42. The molecule has 0 saturated carbocycles. The van der Waals surface area contributed by atoms with Gasteiger partial charge in [-0.1, -0.05) is 6.07 Å². The van der Waals surface area contributed by atoms with Gasteiger partial charge in [-0.05, 0) is 31.2 Å². The number of sulfone groups is 1. The average Bonchev–Trinajstić information content (AvgIpc) is 2.71. The van der Waals surface area contributed by atoms with E-state index < -0.39 is 20.9 Å². The molecule has 1 aromatic carbocycles. The summed E-state index contributed by atoms with van der Waals surface area (Å²) in [4.78, 5) is 0.0798. The van der Waals surface area contributed by atoms with Gasteiger partial charge in [-0.2, -0.15) is 0 Å². The Labute approximate surface area is 88.2 Å². The highest BCUT2D eigenvalue weighted by Crippen LogP contribution is 2.20. The Morgan fingerprint density at radius 1 is 1.40 bits per heavy atom. The van der Waals surface area contributed by atoms with Gasteiger partial charge in [0, 0.05) is 6.54 Å². The molecule has 1 fully saturated rings. The van der Waals surface area contributed by atoms with Crippen LogP contribution in [-0.4, -0.2) is 26.8 Å². The normalized spacial score (nSPS) is 21.8. The smallest absolute Gasteiger partial charge is 0.182 e. The Bertz CT molecular complexity index is 452. The summed E-state index contributed by atoms with van der Waals surface area (Å²) in [6.45, 7) is 1.16. The summed E-state index contributed by atoms with van der Waals surface area (Å²) < 4.78 is 36.9. The number of rotatable bonds is 2. The van der Waals surface area contributed by atoms with Crippen molar-refractivity contribution in [3.63, 3.8) is 0 Å². The maximum atomic E-state index is 12.9. The molecule has 1 N–H and O–H groups in total. The van der Waals surface area contributed by atoms with Crippen molar-refractivity contribution in [1.29, 1.82) is 0 Å². The maximum Gasteiger partial charge on any atom is 0.182 e. The molecular weight excluding hydrogens is 217 g/mol. The number of nitrogens with one attached hydrogen (secondary N) is 1. The van der Waals surface area contributed by atoms with Crippen LogP contribution in [-0.2, 0) is 9.84 Å². The number of benzene rings is 1. The number of hydrogen-bond acceptors (Lipinski definition) is 3. The van der Waals surface area contributed by atoms with E-state index in [1.165, 1.54) is 18.2 Å². The second-order valence-electron chi connectivity index (χ2n) is 3.62. The van der Waals surface area contributed by atoms with Gasteiger partial charge in [0.1, 0.15) is 5.82 Å². The highest BCUT2D eigenvalue weighted by molar-refractivity contribution is 7.92. The largest absolute Gasteiger partial charge is 0.315 e. The van der Waals surface area contributed by atoms with Crippen LogP contribution >= 0.6 is 0 Å². The second-order valence-corrected chi connectivity index (χ2v) is 5.85. The molecule has 1 saturated heterocycles. The zero-order valence-corrected chi connectivity index (χ0v) is 8.93. The third-order valence-corrected chi connectivity index (χ3v) is 4.77. The Balaban J connectivity index is 2.36. The van der Waals surface area contributed by atoms with Gasteiger partial charge >= 0.3 is 0 Å². The minimum Gasteiger partial charge on any atom is -0.315 e. The van der Waals surface area contributed by atoms with E-state index in [1.807, 2.05) is 0 Å². The van der Waals surface area contributed by atoms with Crippen molar-refractivity contribution in [2.75, 3.05) is 13.1 Å². The summed E-state index contributed by atoms with van der Waals surface area (Å²) >= 11 is 0. The van der Waals surface area contributed by atoms with Gasteiger partial charge in [-0.15, -0.1) is 0 Å². The van der Waals surface area contributed by atoms with Crippen molar-refractivity contribution in [3.05, 3.63) is 30.1 Å². The molecule has 0 bridgehead atoms. The molecule has 5 heteroatoms. The summed E-state index contributed by atoms with van der Waals surface area (Å²) in [5, 5.41) is 2.57. The standard InChI is InChI=1S/C10H12FNO2S/c11-8-2-1-3-9(6-8)15(13,14)10-4-5-12-7-10/h1-3,6,10,12H,4-5,7H2/t10-/m0/s1. The van der Waals surface area contributed by atoms with Gasteiger partial charge in [0.05, 0.1) is 10.1 Å². The van der Waals surface area contributed by atoms with Crippen LogP contribution in [0.1, 0.15) is 6.42 Å². The van der Waals surface area contributed by atoms with Gasteiger partial charge in [0.25, 0.3) is 0 Å². The van der Waals surface area contributed by atoms with Crippen molar-refractivity contribution in [2.45, 2.75) is 16.6 Å². The molecule has 0 unspecified atom stereocenters. The molecule has 0 aliphatic carbocycles. The lowest BCUT2D eigenvalue weighted by molar-refractivity contribution is 0.579. The SMILES string of the molecule is O=S(=O)(c1cccc(F)c1)[C@H]1CCNC1. The molecule has 82 valence electrons. The van der Waals surface area contributed by atoms with E-state index in [9.17, 15) is 12.8 Å². The molecule has 1 heterocycles. The molecular formula is C10H12FNO2S. The van der Waals surface area contributed by atoms with Crippen LogP contribution in [0.2, 0.25) is 0 Å². The molecule has 1 aromatic rings. The fraction of sp³-hybridized carbons (Fsp3) is 0.400.